The molecule has 136 valence electrons. The van der Waals surface area contributed by atoms with E-state index in [-0.39, 0.29) is 35.8 Å². The Kier molecular flexibility index (Phi) is 7.83. The fourth-order valence-electron chi connectivity index (χ4n) is 3.07. The average Bonchev–Trinajstić information content (AvgIpc) is 2.50. The van der Waals surface area contributed by atoms with Crippen molar-refractivity contribution in [2.45, 2.75) is 45.1 Å². The summed E-state index contributed by atoms with van der Waals surface area (Å²) in [5.74, 6) is -1.75. The third kappa shape index (κ3) is 5.56. The molecule has 1 aromatic carbocycles. The number of nitrogens with one attached hydrogen (secondary N) is 1. The molecule has 0 aliphatic heterocycles. The first-order valence-electron chi connectivity index (χ1n) is 7.68. The van der Waals surface area contributed by atoms with Gasteiger partial charge in [-0.05, 0) is 36.9 Å². The predicted molar refractivity (Wildman–Crippen MR) is 88.1 cm³/mol. The van der Waals surface area contributed by atoms with Gasteiger partial charge in [0.15, 0.2) is 11.6 Å². The van der Waals surface area contributed by atoms with Crippen LogP contribution in [0.5, 0.6) is 5.75 Å². The molecule has 0 saturated heterocycles. The average molecular weight is 367 g/mol. The number of ether oxygens (including phenoxy) is 1. The summed E-state index contributed by atoms with van der Waals surface area (Å²) in [6, 6.07) is 3.36. The molecule has 1 aliphatic rings. The third-order valence-corrected chi connectivity index (χ3v) is 4.31. The molecule has 3 N–H and O–H groups in total. The number of alkyl halides is 2. The summed E-state index contributed by atoms with van der Waals surface area (Å²) in [5.41, 5.74) is 5.85. The summed E-state index contributed by atoms with van der Waals surface area (Å²) in [5, 5.41) is 2.59. The van der Waals surface area contributed by atoms with E-state index in [0.717, 1.165) is 44.2 Å². The van der Waals surface area contributed by atoms with Gasteiger partial charge in [0.05, 0.1) is 0 Å². The largest absolute Gasteiger partial charge is 0.432 e. The van der Waals surface area contributed by atoms with E-state index in [4.69, 9.17) is 5.73 Å². The number of anilines is 1. The van der Waals surface area contributed by atoms with E-state index < -0.39 is 18.2 Å². The van der Waals surface area contributed by atoms with Crippen molar-refractivity contribution in [2.24, 2.45) is 11.1 Å². The molecule has 0 atom stereocenters. The predicted octanol–water partition coefficient (Wildman–Crippen LogP) is 4.09. The molecule has 4 nitrogen and oxygen atoms in total. The fourth-order valence-corrected chi connectivity index (χ4v) is 3.07. The zero-order valence-corrected chi connectivity index (χ0v) is 14.0. The maximum atomic E-state index is 13.6. The summed E-state index contributed by atoms with van der Waals surface area (Å²) in [7, 11) is 0. The van der Waals surface area contributed by atoms with Gasteiger partial charge in [-0.2, -0.15) is 8.78 Å². The molecule has 1 amide bonds. The molecule has 1 aliphatic carbocycles. The SMILES string of the molecule is Cl.NCC1(CC(=O)Nc2ccc(OC(F)F)c(F)c2)CCCCC1. The van der Waals surface area contributed by atoms with E-state index in [9.17, 15) is 18.0 Å². The zero-order valence-electron chi connectivity index (χ0n) is 13.2. The monoisotopic (exact) mass is 366 g/mol. The van der Waals surface area contributed by atoms with Gasteiger partial charge in [0.25, 0.3) is 0 Å². The highest BCUT2D eigenvalue weighted by atomic mass is 35.5. The van der Waals surface area contributed by atoms with Crippen LogP contribution in [0.15, 0.2) is 18.2 Å². The Morgan fingerprint density at radius 3 is 2.50 bits per heavy atom. The summed E-state index contributed by atoms with van der Waals surface area (Å²) in [6.45, 7) is -2.66. The van der Waals surface area contributed by atoms with Gasteiger partial charge in [-0.1, -0.05) is 19.3 Å². The number of amides is 1. The smallest absolute Gasteiger partial charge is 0.387 e. The molecule has 24 heavy (non-hydrogen) atoms. The first kappa shape index (κ1) is 20.6. The molecular formula is C16H22ClF3N2O2. The first-order chi connectivity index (χ1) is 10.9. The van der Waals surface area contributed by atoms with Gasteiger partial charge in [0, 0.05) is 18.2 Å². The lowest BCUT2D eigenvalue weighted by Gasteiger charge is -2.35. The van der Waals surface area contributed by atoms with Crippen molar-refractivity contribution in [2.75, 3.05) is 11.9 Å². The van der Waals surface area contributed by atoms with Gasteiger partial charge in [-0.3, -0.25) is 4.79 Å². The van der Waals surface area contributed by atoms with Crippen LogP contribution in [-0.4, -0.2) is 19.1 Å². The zero-order chi connectivity index (χ0) is 16.9. The number of halogens is 4. The molecule has 2 rings (SSSR count). The van der Waals surface area contributed by atoms with E-state index in [0.29, 0.717) is 6.54 Å². The van der Waals surface area contributed by atoms with Crippen molar-refractivity contribution in [1.82, 2.24) is 0 Å². The second kappa shape index (κ2) is 9.13. The Morgan fingerprint density at radius 2 is 1.96 bits per heavy atom. The topological polar surface area (TPSA) is 64.4 Å². The molecule has 0 bridgehead atoms. The van der Waals surface area contributed by atoms with E-state index in [1.807, 2.05) is 0 Å². The summed E-state index contributed by atoms with van der Waals surface area (Å²) < 4.78 is 41.8. The van der Waals surface area contributed by atoms with Crippen molar-refractivity contribution < 1.29 is 22.7 Å². The molecule has 0 radical (unpaired) electrons. The summed E-state index contributed by atoms with van der Waals surface area (Å²) in [6.07, 6.45) is 5.36. The van der Waals surface area contributed by atoms with Crippen LogP contribution in [0.2, 0.25) is 0 Å². The maximum absolute atomic E-state index is 13.6. The van der Waals surface area contributed by atoms with Gasteiger partial charge < -0.3 is 15.8 Å². The van der Waals surface area contributed by atoms with Gasteiger partial charge in [-0.25, -0.2) is 4.39 Å². The van der Waals surface area contributed by atoms with Gasteiger partial charge >= 0.3 is 6.61 Å². The normalized spacial score (nSPS) is 16.4. The Balaban J connectivity index is 0.00000288. The van der Waals surface area contributed by atoms with Crippen LogP contribution in [0.25, 0.3) is 0 Å². The van der Waals surface area contributed by atoms with E-state index in [2.05, 4.69) is 10.1 Å². The number of carbonyl (C=O) groups is 1. The van der Waals surface area contributed by atoms with Crippen molar-refractivity contribution in [1.29, 1.82) is 0 Å². The summed E-state index contributed by atoms with van der Waals surface area (Å²) in [4.78, 5) is 12.2. The number of hydrogen-bond donors (Lipinski definition) is 2. The van der Waals surface area contributed by atoms with Gasteiger partial charge in [0.2, 0.25) is 5.91 Å². The van der Waals surface area contributed by atoms with E-state index in [1.54, 1.807) is 0 Å². The van der Waals surface area contributed by atoms with Crippen molar-refractivity contribution >= 4 is 24.0 Å². The molecule has 1 aromatic rings. The van der Waals surface area contributed by atoms with Gasteiger partial charge in [-0.15, -0.1) is 12.4 Å². The lowest BCUT2D eigenvalue weighted by atomic mass is 9.71. The lowest BCUT2D eigenvalue weighted by Crippen LogP contribution is -2.36. The molecule has 0 unspecified atom stereocenters. The van der Waals surface area contributed by atoms with Crippen molar-refractivity contribution in [3.05, 3.63) is 24.0 Å². The lowest BCUT2D eigenvalue weighted by molar-refractivity contribution is -0.118. The van der Waals surface area contributed by atoms with Crippen LogP contribution in [0.1, 0.15) is 38.5 Å². The highest BCUT2D eigenvalue weighted by molar-refractivity contribution is 5.91. The Bertz CT molecular complexity index is 552. The highest BCUT2D eigenvalue weighted by Gasteiger charge is 2.33. The molecular weight excluding hydrogens is 345 g/mol. The third-order valence-electron chi connectivity index (χ3n) is 4.31. The molecule has 1 fully saturated rings. The Hall–Kier alpha value is -1.47. The first-order valence-corrected chi connectivity index (χ1v) is 7.68. The minimum absolute atomic E-state index is 0. The van der Waals surface area contributed by atoms with Crippen molar-refractivity contribution in [3.8, 4) is 5.75 Å². The van der Waals surface area contributed by atoms with Crippen LogP contribution in [0.3, 0.4) is 0 Å². The number of rotatable bonds is 6. The second-order valence-electron chi connectivity index (χ2n) is 6.01. The van der Waals surface area contributed by atoms with E-state index >= 15 is 0 Å². The number of carbonyl (C=O) groups excluding carboxylic acids is 1. The Labute approximate surface area is 145 Å². The minimum Gasteiger partial charge on any atom is -0.432 e. The molecule has 0 spiro atoms. The molecule has 0 aromatic heterocycles. The standard InChI is InChI=1S/C16H21F3N2O2.ClH/c17-12-8-11(4-5-13(12)23-15(18)19)21-14(22)9-16(10-20)6-2-1-3-7-16;/h4-5,8,15H,1-3,6-7,9-10,20H2,(H,21,22);1H. The maximum Gasteiger partial charge on any atom is 0.387 e. The molecule has 8 heteroatoms. The Morgan fingerprint density at radius 1 is 1.29 bits per heavy atom. The molecule has 0 heterocycles. The van der Waals surface area contributed by atoms with Gasteiger partial charge in [0.1, 0.15) is 0 Å². The van der Waals surface area contributed by atoms with Crippen LogP contribution in [-0.2, 0) is 4.79 Å². The van der Waals surface area contributed by atoms with Crippen LogP contribution < -0.4 is 15.8 Å². The number of benzene rings is 1. The number of hydrogen-bond acceptors (Lipinski definition) is 3. The summed E-state index contributed by atoms with van der Waals surface area (Å²) >= 11 is 0. The number of nitrogens with two attached hydrogens (primary N) is 1. The highest BCUT2D eigenvalue weighted by Crippen LogP contribution is 2.38. The second-order valence-corrected chi connectivity index (χ2v) is 6.01. The van der Waals surface area contributed by atoms with E-state index in [1.165, 1.54) is 6.07 Å². The van der Waals surface area contributed by atoms with Crippen LogP contribution >= 0.6 is 12.4 Å². The van der Waals surface area contributed by atoms with Crippen molar-refractivity contribution in [3.63, 3.8) is 0 Å². The fraction of sp³-hybridized carbons (Fsp3) is 0.562. The minimum atomic E-state index is -3.10. The van der Waals surface area contributed by atoms with Crippen LogP contribution in [0, 0.1) is 11.2 Å². The van der Waals surface area contributed by atoms with Crippen LogP contribution in [0.4, 0.5) is 18.9 Å². The quantitative estimate of drug-likeness (QED) is 0.797. The molecule has 1 saturated carbocycles.